The van der Waals surface area contributed by atoms with Crippen LogP contribution in [0.3, 0.4) is 0 Å². The number of benzene rings is 2. The molecule has 6 nitrogen and oxygen atoms in total. The molecule has 2 aliphatic rings. The molecule has 0 radical (unpaired) electrons. The van der Waals surface area contributed by atoms with Gasteiger partial charge in [0.05, 0.1) is 27.4 Å². The number of carbonyl (C=O) groups excluding carboxylic acids is 2. The third-order valence-corrected chi connectivity index (χ3v) is 7.77. The Labute approximate surface area is 175 Å². The van der Waals surface area contributed by atoms with Gasteiger partial charge in [-0.05, 0) is 57.0 Å². The minimum Gasteiger partial charge on any atom is -0.305 e. The number of anilines is 2. The average Bonchev–Trinajstić information content (AvgIpc) is 3.04. The van der Waals surface area contributed by atoms with Gasteiger partial charge in [-0.1, -0.05) is 29.8 Å². The average molecular weight is 433 g/mol. The third kappa shape index (κ3) is 3.13. The van der Waals surface area contributed by atoms with Gasteiger partial charge in [0.25, 0.3) is 5.91 Å². The summed E-state index contributed by atoms with van der Waals surface area (Å²) in [5, 5.41) is 0.207. The van der Waals surface area contributed by atoms with Crippen LogP contribution in [0.4, 0.5) is 11.4 Å². The van der Waals surface area contributed by atoms with Gasteiger partial charge in [0.2, 0.25) is 15.9 Å². The lowest BCUT2D eigenvalue weighted by molar-refractivity contribution is -0.123. The van der Waals surface area contributed by atoms with Crippen molar-refractivity contribution >= 4 is 44.8 Å². The first kappa shape index (κ1) is 19.9. The van der Waals surface area contributed by atoms with Crippen LogP contribution in [-0.4, -0.2) is 32.0 Å². The van der Waals surface area contributed by atoms with E-state index in [0.717, 1.165) is 22.0 Å². The van der Waals surface area contributed by atoms with Crippen molar-refractivity contribution in [2.75, 3.05) is 15.0 Å². The van der Waals surface area contributed by atoms with Gasteiger partial charge in [-0.2, -0.15) is 0 Å². The Morgan fingerprint density at radius 2 is 1.86 bits per heavy atom. The van der Waals surface area contributed by atoms with Crippen molar-refractivity contribution < 1.29 is 18.0 Å². The van der Waals surface area contributed by atoms with Crippen molar-refractivity contribution in [3.63, 3.8) is 0 Å². The van der Waals surface area contributed by atoms with Gasteiger partial charge in [0, 0.05) is 11.7 Å². The van der Waals surface area contributed by atoms with Crippen molar-refractivity contribution in [2.24, 2.45) is 5.41 Å². The van der Waals surface area contributed by atoms with Crippen LogP contribution in [0.2, 0.25) is 5.02 Å². The number of hydrogen-bond acceptors (Lipinski definition) is 4. The summed E-state index contributed by atoms with van der Waals surface area (Å²) in [6, 6.07) is 11.9. The third-order valence-electron chi connectivity index (χ3n) is 5.43. The van der Waals surface area contributed by atoms with Gasteiger partial charge < -0.3 is 4.90 Å². The maximum absolute atomic E-state index is 13.4. The topological polar surface area (TPSA) is 74.8 Å². The minimum absolute atomic E-state index is 0.0595. The summed E-state index contributed by atoms with van der Waals surface area (Å²) in [5.41, 5.74) is 1.16. The second kappa shape index (κ2) is 6.57. The van der Waals surface area contributed by atoms with E-state index < -0.39 is 21.3 Å². The lowest BCUT2D eigenvalue weighted by Gasteiger charge is -2.24. The molecule has 4 rings (SSSR count). The fourth-order valence-corrected chi connectivity index (χ4v) is 6.37. The Balaban J connectivity index is 1.77. The van der Waals surface area contributed by atoms with E-state index in [2.05, 4.69) is 0 Å². The second-order valence-corrected chi connectivity index (χ2v) is 10.5. The number of hydrogen-bond donors (Lipinski definition) is 0. The van der Waals surface area contributed by atoms with Crippen LogP contribution in [0.25, 0.3) is 0 Å². The first-order valence-electron chi connectivity index (χ1n) is 9.31. The molecule has 1 unspecified atom stereocenters. The smallest absolute Gasteiger partial charge is 0.260 e. The molecule has 0 aliphatic carbocycles. The molecule has 1 atom stereocenters. The van der Waals surface area contributed by atoms with Gasteiger partial charge in [0.15, 0.2) is 0 Å². The number of sulfonamides is 1. The predicted molar refractivity (Wildman–Crippen MR) is 113 cm³/mol. The maximum Gasteiger partial charge on any atom is 0.260 e. The molecule has 2 aromatic carbocycles. The first-order chi connectivity index (χ1) is 13.5. The van der Waals surface area contributed by atoms with Gasteiger partial charge in [-0.15, -0.1) is 0 Å². The highest BCUT2D eigenvalue weighted by atomic mass is 35.5. The van der Waals surface area contributed by atoms with E-state index in [9.17, 15) is 18.0 Å². The Bertz CT molecular complexity index is 1140. The molecule has 2 heterocycles. The van der Waals surface area contributed by atoms with Gasteiger partial charge >= 0.3 is 0 Å². The molecular weight excluding hydrogens is 412 g/mol. The van der Waals surface area contributed by atoms with E-state index >= 15 is 0 Å². The Kier molecular flexibility index (Phi) is 4.51. The predicted octanol–water partition coefficient (Wildman–Crippen LogP) is 3.63. The Morgan fingerprint density at radius 1 is 1.17 bits per heavy atom. The number of carbonyl (C=O) groups is 2. The minimum atomic E-state index is -3.81. The number of para-hydroxylation sites is 1. The maximum atomic E-state index is 13.4. The summed E-state index contributed by atoms with van der Waals surface area (Å²) in [6.07, 6.45) is 0.729. The highest BCUT2D eigenvalue weighted by Gasteiger charge is 2.50. The molecule has 0 aromatic heterocycles. The summed E-state index contributed by atoms with van der Waals surface area (Å²) in [4.78, 5) is 27.7. The van der Waals surface area contributed by atoms with E-state index in [4.69, 9.17) is 11.6 Å². The molecule has 8 heteroatoms. The zero-order chi connectivity index (χ0) is 21.1. The summed E-state index contributed by atoms with van der Waals surface area (Å²) in [6.45, 7) is 5.14. The van der Waals surface area contributed by atoms with Crippen LogP contribution in [0.5, 0.6) is 0 Å². The molecule has 0 saturated carbocycles. The zero-order valence-corrected chi connectivity index (χ0v) is 17.9. The zero-order valence-electron chi connectivity index (χ0n) is 16.3. The van der Waals surface area contributed by atoms with E-state index in [1.54, 1.807) is 18.7 Å². The van der Waals surface area contributed by atoms with Crippen LogP contribution in [0, 0.1) is 5.41 Å². The van der Waals surface area contributed by atoms with Crippen LogP contribution < -0.4 is 9.21 Å². The molecular formula is C21H21ClN2O4S. The molecule has 29 heavy (non-hydrogen) atoms. The van der Waals surface area contributed by atoms with E-state index in [0.29, 0.717) is 0 Å². The molecule has 2 aromatic rings. The molecule has 0 spiro atoms. The number of halogens is 1. The summed E-state index contributed by atoms with van der Waals surface area (Å²) in [7, 11) is -3.81. The molecule has 1 fully saturated rings. The molecule has 2 amide bonds. The van der Waals surface area contributed by atoms with Crippen LogP contribution in [0.1, 0.15) is 36.7 Å². The monoisotopic (exact) mass is 432 g/mol. The number of rotatable bonds is 2. The Hall–Kier alpha value is -2.38. The first-order valence-corrected chi connectivity index (χ1v) is 11.3. The van der Waals surface area contributed by atoms with Crippen molar-refractivity contribution in [3.8, 4) is 0 Å². The lowest BCUT2D eigenvalue weighted by Crippen LogP contribution is -2.36. The lowest BCUT2D eigenvalue weighted by atomic mass is 9.95. The van der Waals surface area contributed by atoms with Crippen molar-refractivity contribution in [1.82, 2.24) is 0 Å². The van der Waals surface area contributed by atoms with Gasteiger partial charge in [-0.3, -0.25) is 9.59 Å². The fourth-order valence-electron chi connectivity index (χ4n) is 4.07. The second-order valence-electron chi connectivity index (χ2n) is 8.23. The van der Waals surface area contributed by atoms with Gasteiger partial charge in [0.1, 0.15) is 0 Å². The quantitative estimate of drug-likeness (QED) is 0.726. The van der Waals surface area contributed by atoms with Crippen LogP contribution in [0.15, 0.2) is 42.5 Å². The van der Waals surface area contributed by atoms with Crippen molar-refractivity contribution in [2.45, 2.75) is 33.2 Å². The van der Waals surface area contributed by atoms with Crippen molar-refractivity contribution in [3.05, 3.63) is 58.6 Å². The molecule has 0 bridgehead atoms. The van der Waals surface area contributed by atoms with E-state index in [-0.39, 0.29) is 34.0 Å². The number of fused-ring (bicyclic) bond motifs is 1. The summed E-state index contributed by atoms with van der Waals surface area (Å²) >= 11 is 6.31. The van der Waals surface area contributed by atoms with Crippen LogP contribution >= 0.6 is 11.6 Å². The summed E-state index contributed by atoms with van der Waals surface area (Å²) < 4.78 is 26.0. The molecule has 2 aliphatic heterocycles. The van der Waals surface area contributed by atoms with Crippen molar-refractivity contribution in [1.29, 1.82) is 0 Å². The fraction of sp³-hybridized carbons (Fsp3) is 0.333. The largest absolute Gasteiger partial charge is 0.305 e. The molecule has 0 N–H and O–H groups in total. The summed E-state index contributed by atoms with van der Waals surface area (Å²) in [5.74, 6) is -1.11. The number of nitrogens with zero attached hydrogens (tertiary/aromatic N) is 2. The number of amides is 2. The van der Waals surface area contributed by atoms with Gasteiger partial charge in [-0.25, -0.2) is 12.7 Å². The highest BCUT2D eigenvalue weighted by Crippen LogP contribution is 2.38. The molecule has 152 valence electrons. The van der Waals surface area contributed by atoms with Crippen LogP contribution in [-0.2, 0) is 21.2 Å². The van der Waals surface area contributed by atoms with E-state index in [1.165, 1.54) is 18.2 Å². The Morgan fingerprint density at radius 3 is 2.52 bits per heavy atom. The highest BCUT2D eigenvalue weighted by molar-refractivity contribution is 7.94. The SMILES string of the molecule is CC1Cc2ccccc2N1C(=O)c1cc(N2C(=O)C(C)(C)CS2(=O)=O)ccc1Cl. The molecule has 1 saturated heterocycles. The normalized spacial score (nSPS) is 22.1. The standard InChI is InChI=1S/C21H21ClN2O4S/c1-13-10-14-6-4-5-7-18(14)23(13)19(25)16-11-15(8-9-17(16)22)24-20(26)21(2,3)12-29(24,27)28/h4-9,11,13H,10,12H2,1-3H3. The van der Waals surface area contributed by atoms with E-state index in [1.807, 2.05) is 31.2 Å².